The summed E-state index contributed by atoms with van der Waals surface area (Å²) < 4.78 is 41.9. The Bertz CT molecular complexity index is 2290. The van der Waals surface area contributed by atoms with Crippen LogP contribution in [0.3, 0.4) is 0 Å². The molecule has 0 radical (unpaired) electrons. The Labute approximate surface area is 239 Å². The van der Waals surface area contributed by atoms with Crippen LogP contribution in [0.15, 0.2) is 109 Å². The maximum atomic E-state index is 13.3. The zero-order valence-electron chi connectivity index (χ0n) is 22.4. The fourth-order valence-corrected chi connectivity index (χ4v) is 6.34. The van der Waals surface area contributed by atoms with Gasteiger partial charge in [0.15, 0.2) is 0 Å². The van der Waals surface area contributed by atoms with Crippen LogP contribution in [0.4, 0.5) is 13.2 Å². The molecular weight excluding hydrogens is 529 g/mol. The minimum absolute atomic E-state index is 0.598. The van der Waals surface area contributed by atoms with Crippen LogP contribution in [0.1, 0.15) is 16.7 Å². The van der Waals surface area contributed by atoms with Gasteiger partial charge in [-0.15, -0.1) is 0 Å². The Balaban J connectivity index is 1.46. The summed E-state index contributed by atoms with van der Waals surface area (Å²) >= 11 is 0. The van der Waals surface area contributed by atoms with Crippen LogP contribution in [0, 0.1) is 0 Å². The first kappa shape index (κ1) is 24.6. The number of aromatic nitrogens is 2. The van der Waals surface area contributed by atoms with E-state index in [4.69, 9.17) is 4.98 Å². The third kappa shape index (κ3) is 3.70. The maximum absolute atomic E-state index is 13.3. The van der Waals surface area contributed by atoms with Gasteiger partial charge in [-0.2, -0.15) is 13.2 Å². The molecule has 2 aromatic heterocycles. The van der Waals surface area contributed by atoms with Crippen LogP contribution < -0.4 is 10.6 Å². The van der Waals surface area contributed by atoms with Crippen LogP contribution in [0.2, 0.25) is 0 Å². The van der Waals surface area contributed by atoms with Crippen molar-refractivity contribution in [3.05, 3.63) is 137 Å². The molecule has 0 saturated heterocycles. The van der Waals surface area contributed by atoms with Gasteiger partial charge in [0.1, 0.15) is 0 Å². The number of hydrogen-bond acceptors (Lipinski definition) is 1. The van der Waals surface area contributed by atoms with Crippen LogP contribution >= 0.6 is 0 Å². The van der Waals surface area contributed by atoms with Crippen molar-refractivity contribution in [2.24, 2.45) is 0 Å². The standard InChI is InChI=1S/C37H23F3N2/c1-22-30-19-27(24-10-6-3-7-11-24)20-32-31-18-26(23-8-4-2-5-9-23)14-17-29(31)35-36(34(30)32)42(22)21-33(41-35)25-12-15-28(16-13-25)37(38,39)40/h2-17,19-21H,1,18H2. The molecule has 0 spiro atoms. The fourth-order valence-electron chi connectivity index (χ4n) is 6.34. The van der Waals surface area contributed by atoms with Gasteiger partial charge in [0, 0.05) is 33.1 Å². The molecule has 0 N–H and O–H groups in total. The third-order valence-corrected chi connectivity index (χ3v) is 8.41. The van der Waals surface area contributed by atoms with Crippen LogP contribution in [0.25, 0.3) is 67.8 Å². The minimum atomic E-state index is -4.40. The molecule has 2 nitrogen and oxygen atoms in total. The Morgan fingerprint density at radius 3 is 2.07 bits per heavy atom. The van der Waals surface area contributed by atoms with Gasteiger partial charge in [-0.1, -0.05) is 91.5 Å². The average molecular weight is 553 g/mol. The molecule has 0 bridgehead atoms. The lowest BCUT2D eigenvalue weighted by molar-refractivity contribution is -0.137. The van der Waals surface area contributed by atoms with Crippen molar-refractivity contribution in [1.82, 2.24) is 9.38 Å². The van der Waals surface area contributed by atoms with E-state index in [-0.39, 0.29) is 0 Å². The predicted molar refractivity (Wildman–Crippen MR) is 165 cm³/mol. The maximum Gasteiger partial charge on any atom is 0.416 e. The van der Waals surface area contributed by atoms with Crippen molar-refractivity contribution < 1.29 is 13.2 Å². The summed E-state index contributed by atoms with van der Waals surface area (Å²) in [5, 5.41) is 5.18. The number of alkyl halides is 3. The van der Waals surface area contributed by atoms with Gasteiger partial charge in [-0.3, -0.25) is 0 Å². The van der Waals surface area contributed by atoms with Crippen LogP contribution in [-0.2, 0) is 12.6 Å². The summed E-state index contributed by atoms with van der Waals surface area (Å²) in [6.45, 7) is 4.49. The summed E-state index contributed by atoms with van der Waals surface area (Å²) in [6.07, 6.45) is 2.54. The molecular formula is C37H23F3N2. The number of hydrogen-bond donors (Lipinski definition) is 0. The highest BCUT2D eigenvalue weighted by molar-refractivity contribution is 6.18. The van der Waals surface area contributed by atoms with Gasteiger partial charge in [0.25, 0.3) is 0 Å². The molecule has 0 unspecified atom stereocenters. The highest BCUT2D eigenvalue weighted by atomic mass is 19.4. The lowest BCUT2D eigenvalue weighted by Gasteiger charge is -2.18. The van der Waals surface area contributed by atoms with Gasteiger partial charge in [-0.25, -0.2) is 4.98 Å². The van der Waals surface area contributed by atoms with E-state index in [1.54, 1.807) is 0 Å². The molecule has 0 saturated carbocycles. The molecule has 0 fully saturated rings. The molecule has 0 aliphatic heterocycles. The van der Waals surface area contributed by atoms with E-state index in [2.05, 4.69) is 71.7 Å². The number of allylic oxidation sites excluding steroid dienone is 2. The zero-order valence-corrected chi connectivity index (χ0v) is 22.4. The largest absolute Gasteiger partial charge is 0.416 e. The number of fused-ring (bicyclic) bond motifs is 3. The average Bonchev–Trinajstić information content (AvgIpc) is 3.32. The van der Waals surface area contributed by atoms with Crippen molar-refractivity contribution in [3.8, 4) is 22.4 Å². The normalized spacial score (nSPS) is 13.5. The van der Waals surface area contributed by atoms with Crippen molar-refractivity contribution in [1.29, 1.82) is 0 Å². The summed E-state index contributed by atoms with van der Waals surface area (Å²) in [5.41, 5.74) is 8.16. The minimum Gasteiger partial charge on any atom is -0.312 e. The van der Waals surface area contributed by atoms with Crippen molar-refractivity contribution in [3.63, 3.8) is 0 Å². The molecule has 8 rings (SSSR count). The molecule has 202 valence electrons. The summed E-state index contributed by atoms with van der Waals surface area (Å²) in [5.74, 6) is 0. The molecule has 2 heterocycles. The topological polar surface area (TPSA) is 17.3 Å². The van der Waals surface area contributed by atoms with Crippen LogP contribution in [0.5, 0.6) is 0 Å². The number of halogens is 3. The predicted octanol–water partition coefficient (Wildman–Crippen LogP) is 8.26. The number of nitrogens with zero attached hydrogens (tertiary/aromatic N) is 2. The van der Waals surface area contributed by atoms with Gasteiger partial charge < -0.3 is 4.40 Å². The lowest BCUT2D eigenvalue weighted by atomic mass is 9.87. The molecule has 0 amide bonds. The van der Waals surface area contributed by atoms with Gasteiger partial charge in [0.05, 0.1) is 22.3 Å². The zero-order chi connectivity index (χ0) is 28.6. The van der Waals surface area contributed by atoms with Crippen molar-refractivity contribution in [2.45, 2.75) is 12.6 Å². The van der Waals surface area contributed by atoms with Gasteiger partial charge >= 0.3 is 6.18 Å². The van der Waals surface area contributed by atoms with Crippen molar-refractivity contribution in [2.75, 3.05) is 0 Å². The van der Waals surface area contributed by atoms with E-state index in [9.17, 15) is 13.2 Å². The molecule has 42 heavy (non-hydrogen) atoms. The first-order valence-electron chi connectivity index (χ1n) is 13.8. The fraction of sp³-hybridized carbons (Fsp3) is 0.0541. The van der Waals surface area contributed by atoms with E-state index in [1.807, 2.05) is 30.5 Å². The Morgan fingerprint density at radius 2 is 1.38 bits per heavy atom. The van der Waals surface area contributed by atoms with E-state index < -0.39 is 11.7 Å². The van der Waals surface area contributed by atoms with Crippen LogP contribution in [-0.4, -0.2) is 9.38 Å². The monoisotopic (exact) mass is 552 g/mol. The second-order valence-electron chi connectivity index (χ2n) is 10.8. The smallest absolute Gasteiger partial charge is 0.312 e. The summed E-state index contributed by atoms with van der Waals surface area (Å²) in [7, 11) is 0. The first-order chi connectivity index (χ1) is 20.4. The quantitative estimate of drug-likeness (QED) is 0.202. The summed E-state index contributed by atoms with van der Waals surface area (Å²) in [4.78, 5) is 5.10. The Kier molecular flexibility index (Phi) is 5.23. The van der Waals surface area contributed by atoms with Crippen molar-refractivity contribution >= 4 is 45.4 Å². The second-order valence-corrected chi connectivity index (χ2v) is 10.8. The molecule has 0 atom stereocenters. The van der Waals surface area contributed by atoms with E-state index in [1.165, 1.54) is 34.2 Å². The van der Waals surface area contributed by atoms with Gasteiger partial charge in [-0.05, 0) is 63.9 Å². The van der Waals surface area contributed by atoms with E-state index in [0.717, 1.165) is 62.1 Å². The SMILES string of the molecule is C=c1c2cc(-c3ccccc3)cc3c4c(c5nc(-c6ccc(C(F)(F)F)cc6)cn1c5c32)=CC=C(c1ccccc1)C4. The first-order valence-corrected chi connectivity index (χ1v) is 13.8. The second kappa shape index (κ2) is 8.92. The highest BCUT2D eigenvalue weighted by Gasteiger charge is 2.30. The van der Waals surface area contributed by atoms with E-state index >= 15 is 0 Å². The number of rotatable bonds is 3. The Morgan fingerprint density at radius 1 is 0.714 bits per heavy atom. The molecule has 7 aromatic rings. The molecule has 1 aliphatic carbocycles. The molecule has 5 heteroatoms. The van der Waals surface area contributed by atoms with Gasteiger partial charge in [0.2, 0.25) is 0 Å². The lowest BCUT2D eigenvalue weighted by Crippen LogP contribution is -2.18. The Hall–Kier alpha value is -5.16. The summed E-state index contributed by atoms with van der Waals surface area (Å²) in [6, 6.07) is 30.4. The molecule has 1 aliphatic rings. The van der Waals surface area contributed by atoms with E-state index in [0.29, 0.717) is 11.3 Å². The third-order valence-electron chi connectivity index (χ3n) is 8.41. The molecule has 5 aromatic carbocycles. The highest BCUT2D eigenvalue weighted by Crippen LogP contribution is 2.37. The number of benzene rings is 5.